The van der Waals surface area contributed by atoms with Crippen molar-refractivity contribution in [1.82, 2.24) is 9.78 Å². The smallest absolute Gasteiger partial charge is 0.338 e. The molecule has 7 nitrogen and oxygen atoms in total. The molecule has 1 aromatic heterocycles. The van der Waals surface area contributed by atoms with E-state index >= 15 is 0 Å². The van der Waals surface area contributed by atoms with Gasteiger partial charge in [-0.05, 0) is 70.5 Å². The van der Waals surface area contributed by atoms with Gasteiger partial charge >= 0.3 is 11.9 Å². The summed E-state index contributed by atoms with van der Waals surface area (Å²) >= 11 is 0. The molecule has 7 heteroatoms. The van der Waals surface area contributed by atoms with Crippen LogP contribution in [0.15, 0.2) is 54.6 Å². The van der Waals surface area contributed by atoms with Crippen molar-refractivity contribution in [3.63, 3.8) is 0 Å². The van der Waals surface area contributed by atoms with E-state index in [0.29, 0.717) is 29.3 Å². The normalized spacial score (nSPS) is 11.2. The van der Waals surface area contributed by atoms with Crippen LogP contribution in [0.3, 0.4) is 0 Å². The van der Waals surface area contributed by atoms with Gasteiger partial charge in [-0.3, -0.25) is 0 Å². The van der Waals surface area contributed by atoms with E-state index in [1.54, 1.807) is 41.9 Å². The molecular weight excluding hydrogens is 408 g/mol. The first-order valence-corrected chi connectivity index (χ1v) is 10.5. The van der Waals surface area contributed by atoms with Crippen LogP contribution in [0.2, 0.25) is 0 Å². The summed E-state index contributed by atoms with van der Waals surface area (Å²) in [6.45, 7) is 9.74. The predicted octanol–water partition coefficient (Wildman–Crippen LogP) is 4.89. The molecule has 0 atom stereocenters. The van der Waals surface area contributed by atoms with Gasteiger partial charge in [0.1, 0.15) is 12.2 Å². The summed E-state index contributed by atoms with van der Waals surface area (Å²) in [5, 5.41) is 4.49. The van der Waals surface area contributed by atoms with E-state index in [-0.39, 0.29) is 18.5 Å². The zero-order valence-corrected chi connectivity index (χ0v) is 19.0. The monoisotopic (exact) mass is 436 g/mol. The molecule has 0 N–H and O–H groups in total. The van der Waals surface area contributed by atoms with E-state index in [1.807, 2.05) is 52.0 Å². The molecule has 0 aliphatic rings. The average Bonchev–Trinajstić information content (AvgIpc) is 3.12. The lowest BCUT2D eigenvalue weighted by atomic mass is 10.1. The van der Waals surface area contributed by atoms with Gasteiger partial charge in [-0.2, -0.15) is 5.10 Å². The Morgan fingerprint density at radius 3 is 2.34 bits per heavy atom. The van der Waals surface area contributed by atoms with Crippen LogP contribution in [0.4, 0.5) is 0 Å². The second-order valence-electron chi connectivity index (χ2n) is 8.29. The van der Waals surface area contributed by atoms with Gasteiger partial charge in [0.25, 0.3) is 0 Å². The summed E-state index contributed by atoms with van der Waals surface area (Å²) in [5.41, 5.74) is 2.75. The zero-order chi connectivity index (χ0) is 23.3. The Labute approximate surface area is 187 Å². The summed E-state index contributed by atoms with van der Waals surface area (Å²) in [6, 6.07) is 16.0. The van der Waals surface area contributed by atoms with Crippen molar-refractivity contribution >= 4 is 11.9 Å². The first-order chi connectivity index (χ1) is 15.2. The molecule has 0 fully saturated rings. The molecule has 1 heterocycles. The summed E-state index contributed by atoms with van der Waals surface area (Å²) in [7, 11) is 0. The van der Waals surface area contributed by atoms with Gasteiger partial charge in [0.15, 0.2) is 0 Å². The minimum atomic E-state index is -0.542. The van der Waals surface area contributed by atoms with Crippen molar-refractivity contribution in [3.05, 3.63) is 77.0 Å². The maximum atomic E-state index is 12.2. The molecular formula is C25H28N2O5. The molecule has 2 aromatic carbocycles. The number of benzene rings is 2. The van der Waals surface area contributed by atoms with E-state index in [9.17, 15) is 9.59 Å². The maximum absolute atomic E-state index is 12.2. The third-order valence-electron chi connectivity index (χ3n) is 4.38. The molecule has 0 unspecified atom stereocenters. The number of rotatable bonds is 7. The predicted molar refractivity (Wildman–Crippen MR) is 120 cm³/mol. The van der Waals surface area contributed by atoms with Crippen molar-refractivity contribution in [2.75, 3.05) is 6.61 Å². The number of hydrogen-bond acceptors (Lipinski definition) is 6. The fraction of sp³-hybridized carbons (Fsp3) is 0.320. The van der Waals surface area contributed by atoms with Gasteiger partial charge in [0.2, 0.25) is 5.88 Å². The first-order valence-electron chi connectivity index (χ1n) is 10.5. The van der Waals surface area contributed by atoms with Crippen molar-refractivity contribution in [2.45, 2.75) is 46.8 Å². The van der Waals surface area contributed by atoms with E-state index in [1.165, 1.54) is 0 Å². The molecule has 3 rings (SSSR count). The quantitative estimate of drug-likeness (QED) is 0.491. The Kier molecular flexibility index (Phi) is 6.98. The molecule has 32 heavy (non-hydrogen) atoms. The number of hydrogen-bond donors (Lipinski definition) is 0. The number of carbonyl (C=O) groups excluding carboxylic acids is 2. The fourth-order valence-electron chi connectivity index (χ4n) is 2.97. The topological polar surface area (TPSA) is 79.7 Å². The van der Waals surface area contributed by atoms with E-state index in [0.717, 1.165) is 11.3 Å². The first kappa shape index (κ1) is 23.1. The van der Waals surface area contributed by atoms with Gasteiger partial charge in [0, 0.05) is 6.07 Å². The van der Waals surface area contributed by atoms with Crippen LogP contribution in [0.1, 0.15) is 59.7 Å². The third kappa shape index (κ3) is 5.97. The Morgan fingerprint density at radius 2 is 1.69 bits per heavy atom. The van der Waals surface area contributed by atoms with Crippen LogP contribution < -0.4 is 4.74 Å². The second-order valence-corrected chi connectivity index (χ2v) is 8.29. The van der Waals surface area contributed by atoms with Gasteiger partial charge in [-0.1, -0.05) is 18.2 Å². The lowest BCUT2D eigenvalue weighted by Crippen LogP contribution is -2.23. The highest BCUT2D eigenvalue weighted by molar-refractivity contribution is 5.90. The Hall–Kier alpha value is -3.61. The lowest BCUT2D eigenvalue weighted by molar-refractivity contribution is 0.00692. The highest BCUT2D eigenvalue weighted by Crippen LogP contribution is 2.22. The molecule has 0 saturated carbocycles. The second kappa shape index (κ2) is 9.68. The SMILES string of the molecule is CCOC(=O)c1cccc(-n2nc(C)cc2OCc2ccc(C(=O)OC(C)(C)C)cc2)c1. The van der Waals surface area contributed by atoms with Crippen molar-refractivity contribution < 1.29 is 23.8 Å². The molecule has 0 bridgehead atoms. The molecule has 3 aromatic rings. The molecule has 168 valence electrons. The summed E-state index contributed by atoms with van der Waals surface area (Å²) in [5.74, 6) is -0.203. The van der Waals surface area contributed by atoms with Gasteiger partial charge in [-0.25, -0.2) is 14.3 Å². The van der Waals surface area contributed by atoms with Crippen LogP contribution in [-0.4, -0.2) is 33.9 Å². The van der Waals surface area contributed by atoms with Gasteiger partial charge in [-0.15, -0.1) is 0 Å². The van der Waals surface area contributed by atoms with Gasteiger partial charge in [0.05, 0.1) is 29.1 Å². The molecule has 0 spiro atoms. The van der Waals surface area contributed by atoms with E-state index < -0.39 is 5.60 Å². The summed E-state index contributed by atoms with van der Waals surface area (Å²) in [4.78, 5) is 24.2. The maximum Gasteiger partial charge on any atom is 0.338 e. The minimum absolute atomic E-state index is 0.289. The molecule has 0 aliphatic heterocycles. The number of aryl methyl sites for hydroxylation is 1. The van der Waals surface area contributed by atoms with Crippen molar-refractivity contribution in [1.29, 1.82) is 0 Å². The highest BCUT2D eigenvalue weighted by Gasteiger charge is 2.18. The number of esters is 2. The minimum Gasteiger partial charge on any atom is -0.473 e. The number of carbonyl (C=O) groups is 2. The Morgan fingerprint density at radius 1 is 0.969 bits per heavy atom. The average molecular weight is 437 g/mol. The summed E-state index contributed by atoms with van der Waals surface area (Å²) < 4.78 is 18.1. The number of ether oxygens (including phenoxy) is 3. The van der Waals surface area contributed by atoms with Crippen LogP contribution >= 0.6 is 0 Å². The molecule has 0 radical (unpaired) electrons. The largest absolute Gasteiger partial charge is 0.473 e. The van der Waals surface area contributed by atoms with Crippen LogP contribution in [0.5, 0.6) is 5.88 Å². The lowest BCUT2D eigenvalue weighted by Gasteiger charge is -2.19. The highest BCUT2D eigenvalue weighted by atomic mass is 16.6. The Bertz CT molecular complexity index is 1090. The molecule has 0 amide bonds. The molecule has 0 aliphatic carbocycles. The van der Waals surface area contributed by atoms with E-state index in [4.69, 9.17) is 14.2 Å². The third-order valence-corrected chi connectivity index (χ3v) is 4.38. The van der Waals surface area contributed by atoms with Crippen LogP contribution in [0, 0.1) is 6.92 Å². The summed E-state index contributed by atoms with van der Waals surface area (Å²) in [6.07, 6.45) is 0. The van der Waals surface area contributed by atoms with E-state index in [2.05, 4.69) is 5.10 Å². The van der Waals surface area contributed by atoms with Crippen LogP contribution in [-0.2, 0) is 16.1 Å². The number of nitrogens with zero attached hydrogens (tertiary/aromatic N) is 2. The van der Waals surface area contributed by atoms with Crippen molar-refractivity contribution in [2.24, 2.45) is 0 Å². The Balaban J connectivity index is 1.73. The van der Waals surface area contributed by atoms with Crippen molar-refractivity contribution in [3.8, 4) is 11.6 Å². The fourth-order valence-corrected chi connectivity index (χ4v) is 2.97. The number of aromatic nitrogens is 2. The zero-order valence-electron chi connectivity index (χ0n) is 19.0. The molecule has 0 saturated heterocycles. The van der Waals surface area contributed by atoms with Crippen LogP contribution in [0.25, 0.3) is 5.69 Å². The standard InChI is InChI=1S/C25H28N2O5/c1-6-30-23(28)20-8-7-9-21(15-20)27-22(14-17(2)26-27)31-16-18-10-12-19(13-11-18)24(29)32-25(3,4)5/h7-15H,6,16H2,1-5H3. The van der Waals surface area contributed by atoms with Gasteiger partial charge < -0.3 is 14.2 Å².